The van der Waals surface area contributed by atoms with Crippen molar-refractivity contribution in [3.8, 4) is 0 Å². The van der Waals surface area contributed by atoms with Crippen LogP contribution in [0.15, 0.2) is 24.3 Å². The monoisotopic (exact) mass is 614 g/mol. The van der Waals surface area contributed by atoms with Crippen molar-refractivity contribution < 1.29 is 19.1 Å². The van der Waals surface area contributed by atoms with Crippen molar-refractivity contribution in [1.29, 1.82) is 0 Å². The van der Waals surface area contributed by atoms with Crippen LogP contribution in [0.25, 0.3) is 0 Å². The SMILES string of the molecule is CCC(=O)N(C1CCC(C)CC1)[C@H]1C[C@@H](C(=O)N2CCOCC2)N(C(=O)[C@@H]2CN(C(C)(C)C)C[C@H]2c2ccc(Cl)cc2)C1. The first-order chi connectivity index (χ1) is 20.5. The second kappa shape index (κ2) is 13.5. The molecule has 3 heterocycles. The molecule has 1 saturated carbocycles. The second-order valence-electron chi connectivity index (χ2n) is 14.2. The Bertz CT molecular complexity index is 1140. The van der Waals surface area contributed by atoms with Gasteiger partial charge in [0.1, 0.15) is 6.04 Å². The van der Waals surface area contributed by atoms with Gasteiger partial charge in [-0.15, -0.1) is 0 Å². The Labute approximate surface area is 263 Å². The number of nitrogens with zero attached hydrogens (tertiary/aromatic N) is 4. The molecule has 4 aliphatic rings. The van der Waals surface area contributed by atoms with E-state index in [1.54, 1.807) is 0 Å². The summed E-state index contributed by atoms with van der Waals surface area (Å²) in [5, 5.41) is 0.675. The normalized spacial score (nSPS) is 30.5. The first-order valence-corrected chi connectivity index (χ1v) is 16.8. The molecular weight excluding hydrogens is 564 g/mol. The van der Waals surface area contributed by atoms with Crippen molar-refractivity contribution in [3.63, 3.8) is 0 Å². The molecule has 238 valence electrons. The van der Waals surface area contributed by atoms with Gasteiger partial charge in [0.2, 0.25) is 17.7 Å². The van der Waals surface area contributed by atoms with Gasteiger partial charge in [0, 0.05) is 61.7 Å². The third-order valence-corrected chi connectivity index (χ3v) is 10.7. The van der Waals surface area contributed by atoms with Crippen LogP contribution in [0.1, 0.15) is 84.6 Å². The van der Waals surface area contributed by atoms with Crippen LogP contribution in [0.2, 0.25) is 5.02 Å². The van der Waals surface area contributed by atoms with E-state index in [-0.39, 0.29) is 47.2 Å². The maximum absolute atomic E-state index is 14.8. The van der Waals surface area contributed by atoms with E-state index in [0.717, 1.165) is 37.8 Å². The third-order valence-electron chi connectivity index (χ3n) is 10.4. The molecule has 1 aromatic carbocycles. The summed E-state index contributed by atoms with van der Waals surface area (Å²) in [7, 11) is 0. The standard InChI is InChI=1S/C34H51ClN4O4/c1-6-31(40)39(26-13-7-23(2)8-14-26)27-19-30(33(42)36-15-17-43-18-16-36)38(20-27)32(41)29-22-37(34(3,4)5)21-28(29)24-9-11-25(35)12-10-24/h9-12,23,26-30H,6-8,13-22H2,1-5H3/t23?,26?,27-,28-,29+,30-/m0/s1. The number of halogens is 1. The van der Waals surface area contributed by atoms with Crippen LogP contribution in [-0.2, 0) is 19.1 Å². The lowest BCUT2D eigenvalue weighted by Crippen LogP contribution is -2.52. The van der Waals surface area contributed by atoms with Crippen molar-refractivity contribution in [3.05, 3.63) is 34.9 Å². The largest absolute Gasteiger partial charge is 0.378 e. The highest BCUT2D eigenvalue weighted by molar-refractivity contribution is 6.30. The molecule has 4 atom stereocenters. The van der Waals surface area contributed by atoms with E-state index in [0.29, 0.717) is 63.2 Å². The van der Waals surface area contributed by atoms with Crippen LogP contribution in [0, 0.1) is 11.8 Å². The lowest BCUT2D eigenvalue weighted by Gasteiger charge is -2.40. The van der Waals surface area contributed by atoms with Crippen molar-refractivity contribution in [1.82, 2.24) is 19.6 Å². The van der Waals surface area contributed by atoms with Crippen LogP contribution in [0.4, 0.5) is 0 Å². The average Bonchev–Trinajstić information content (AvgIpc) is 3.64. The van der Waals surface area contributed by atoms with Gasteiger partial charge in [-0.1, -0.05) is 37.6 Å². The van der Waals surface area contributed by atoms with E-state index in [1.807, 2.05) is 41.0 Å². The number of benzene rings is 1. The molecule has 43 heavy (non-hydrogen) atoms. The summed E-state index contributed by atoms with van der Waals surface area (Å²) in [5.41, 5.74) is 0.999. The van der Waals surface area contributed by atoms with E-state index in [9.17, 15) is 14.4 Å². The van der Waals surface area contributed by atoms with Crippen molar-refractivity contribution in [2.24, 2.45) is 11.8 Å². The summed E-state index contributed by atoms with van der Waals surface area (Å²) in [4.78, 5) is 50.6. The number of carbonyl (C=O) groups is 3. The number of rotatable bonds is 6. The highest BCUT2D eigenvalue weighted by Gasteiger charge is 2.50. The Balaban J connectivity index is 1.46. The molecule has 0 radical (unpaired) electrons. The minimum atomic E-state index is -0.570. The van der Waals surface area contributed by atoms with Crippen LogP contribution in [0.5, 0.6) is 0 Å². The quantitative estimate of drug-likeness (QED) is 0.460. The highest BCUT2D eigenvalue weighted by atomic mass is 35.5. The Morgan fingerprint density at radius 2 is 1.58 bits per heavy atom. The molecule has 3 saturated heterocycles. The first kappa shape index (κ1) is 32.2. The van der Waals surface area contributed by atoms with E-state index >= 15 is 0 Å². The fourth-order valence-corrected chi connectivity index (χ4v) is 7.88. The summed E-state index contributed by atoms with van der Waals surface area (Å²) < 4.78 is 5.53. The summed E-state index contributed by atoms with van der Waals surface area (Å²) in [6.07, 6.45) is 5.12. The molecule has 4 fully saturated rings. The van der Waals surface area contributed by atoms with Crippen LogP contribution in [-0.4, -0.2) is 107 Å². The number of amides is 3. The molecule has 9 heteroatoms. The number of morpholine rings is 1. The topological polar surface area (TPSA) is 73.4 Å². The van der Waals surface area contributed by atoms with Gasteiger partial charge in [0.05, 0.1) is 25.2 Å². The number of ether oxygens (including phenoxy) is 1. The van der Waals surface area contributed by atoms with Crippen molar-refractivity contribution >= 4 is 29.3 Å². The number of hydrogen-bond acceptors (Lipinski definition) is 5. The van der Waals surface area contributed by atoms with Gasteiger partial charge in [-0.3, -0.25) is 19.3 Å². The van der Waals surface area contributed by atoms with Gasteiger partial charge in [-0.05, 0) is 76.5 Å². The number of carbonyl (C=O) groups excluding carboxylic acids is 3. The third kappa shape index (κ3) is 7.07. The fraction of sp³-hybridized carbons (Fsp3) is 0.735. The molecule has 0 unspecified atom stereocenters. The summed E-state index contributed by atoms with van der Waals surface area (Å²) in [6, 6.07) is 7.32. The molecule has 1 aliphatic carbocycles. The smallest absolute Gasteiger partial charge is 0.245 e. The predicted octanol–water partition coefficient (Wildman–Crippen LogP) is 4.80. The molecule has 0 N–H and O–H groups in total. The molecule has 3 aliphatic heterocycles. The Morgan fingerprint density at radius 3 is 2.19 bits per heavy atom. The Kier molecular flexibility index (Phi) is 10.1. The zero-order valence-corrected chi connectivity index (χ0v) is 27.5. The van der Waals surface area contributed by atoms with Gasteiger partial charge >= 0.3 is 0 Å². The minimum absolute atomic E-state index is 0.00427. The maximum Gasteiger partial charge on any atom is 0.245 e. The highest BCUT2D eigenvalue weighted by Crippen LogP contribution is 2.40. The lowest BCUT2D eigenvalue weighted by atomic mass is 9.85. The van der Waals surface area contributed by atoms with Crippen LogP contribution < -0.4 is 0 Å². The van der Waals surface area contributed by atoms with Gasteiger partial charge in [-0.2, -0.15) is 0 Å². The van der Waals surface area contributed by atoms with E-state index in [4.69, 9.17) is 16.3 Å². The molecule has 8 nitrogen and oxygen atoms in total. The average molecular weight is 615 g/mol. The molecule has 1 aromatic rings. The zero-order chi connectivity index (χ0) is 30.9. The minimum Gasteiger partial charge on any atom is -0.378 e. The van der Waals surface area contributed by atoms with Crippen molar-refractivity contribution in [2.75, 3.05) is 45.9 Å². The molecule has 0 spiro atoms. The summed E-state index contributed by atoms with van der Waals surface area (Å²) in [6.45, 7) is 14.7. The molecule has 0 bridgehead atoms. The second-order valence-corrected chi connectivity index (χ2v) is 14.7. The van der Waals surface area contributed by atoms with Crippen LogP contribution >= 0.6 is 11.6 Å². The number of likely N-dealkylation sites (tertiary alicyclic amines) is 2. The zero-order valence-electron chi connectivity index (χ0n) is 26.8. The van der Waals surface area contributed by atoms with Crippen molar-refractivity contribution in [2.45, 2.75) is 103 Å². The van der Waals surface area contributed by atoms with Crippen LogP contribution in [0.3, 0.4) is 0 Å². The van der Waals surface area contributed by atoms with Gasteiger partial charge in [0.15, 0.2) is 0 Å². The van der Waals surface area contributed by atoms with Gasteiger partial charge in [0.25, 0.3) is 0 Å². The van der Waals surface area contributed by atoms with Gasteiger partial charge in [-0.25, -0.2) is 0 Å². The van der Waals surface area contributed by atoms with E-state index in [1.165, 1.54) is 0 Å². The molecular formula is C34H51ClN4O4. The maximum atomic E-state index is 14.8. The van der Waals surface area contributed by atoms with E-state index < -0.39 is 6.04 Å². The van der Waals surface area contributed by atoms with Gasteiger partial charge < -0.3 is 19.4 Å². The molecule has 5 rings (SSSR count). The van der Waals surface area contributed by atoms with E-state index in [2.05, 4.69) is 37.5 Å². The predicted molar refractivity (Wildman–Crippen MR) is 169 cm³/mol. The molecule has 3 amide bonds. The fourth-order valence-electron chi connectivity index (χ4n) is 7.76. The summed E-state index contributed by atoms with van der Waals surface area (Å²) >= 11 is 6.24. The molecule has 0 aromatic heterocycles. The number of hydrogen-bond donors (Lipinski definition) is 0. The lowest BCUT2D eigenvalue weighted by molar-refractivity contribution is -0.148. The summed E-state index contributed by atoms with van der Waals surface area (Å²) in [5.74, 6) is 0.539. The Hall–Kier alpha value is -2.16. The Morgan fingerprint density at radius 1 is 0.930 bits per heavy atom. The first-order valence-electron chi connectivity index (χ1n) is 16.5.